The van der Waals surface area contributed by atoms with Crippen LogP contribution in [-0.2, 0) is 4.74 Å². The molecular formula is C19H21N3O4. The summed E-state index contributed by atoms with van der Waals surface area (Å²) >= 11 is 0. The Morgan fingerprint density at radius 3 is 2.38 bits per heavy atom. The summed E-state index contributed by atoms with van der Waals surface area (Å²) in [6.45, 7) is 4.52. The van der Waals surface area contributed by atoms with Crippen LogP contribution < -0.4 is 10.6 Å². The number of carbonyl (C=O) groups is 3. The van der Waals surface area contributed by atoms with Gasteiger partial charge in [0.15, 0.2) is 0 Å². The van der Waals surface area contributed by atoms with Crippen molar-refractivity contribution < 1.29 is 19.1 Å². The number of aromatic nitrogens is 1. The van der Waals surface area contributed by atoms with Gasteiger partial charge in [-0.05, 0) is 30.2 Å². The Labute approximate surface area is 151 Å². The van der Waals surface area contributed by atoms with Crippen LogP contribution in [0.25, 0.3) is 0 Å². The van der Waals surface area contributed by atoms with E-state index in [-0.39, 0.29) is 11.5 Å². The molecule has 0 unspecified atom stereocenters. The molecule has 2 aromatic rings. The summed E-state index contributed by atoms with van der Waals surface area (Å²) in [6, 6.07) is 7.86. The highest BCUT2D eigenvalue weighted by Crippen LogP contribution is 2.13. The van der Waals surface area contributed by atoms with Crippen molar-refractivity contribution in [1.82, 2.24) is 10.3 Å². The number of carbonyl (C=O) groups excluding carboxylic acids is 3. The number of esters is 1. The molecule has 0 aliphatic heterocycles. The molecule has 0 radical (unpaired) electrons. The molecule has 2 N–H and O–H groups in total. The van der Waals surface area contributed by atoms with Crippen molar-refractivity contribution in [3.05, 3.63) is 59.4 Å². The van der Waals surface area contributed by atoms with E-state index in [1.165, 1.54) is 31.6 Å². The summed E-state index contributed by atoms with van der Waals surface area (Å²) in [5, 5.41) is 5.45. The molecule has 0 saturated carbocycles. The smallest absolute Gasteiger partial charge is 0.337 e. The first kappa shape index (κ1) is 19.1. The van der Waals surface area contributed by atoms with Crippen LogP contribution in [0.3, 0.4) is 0 Å². The van der Waals surface area contributed by atoms with Gasteiger partial charge in [-0.3, -0.25) is 14.6 Å². The van der Waals surface area contributed by atoms with E-state index >= 15 is 0 Å². The lowest BCUT2D eigenvalue weighted by molar-refractivity contribution is 0.0600. The van der Waals surface area contributed by atoms with Crippen LogP contribution >= 0.6 is 0 Å². The predicted octanol–water partition coefficient (Wildman–Crippen LogP) is 2.51. The first-order valence-electron chi connectivity index (χ1n) is 8.13. The number of ether oxygens (including phenoxy) is 1. The summed E-state index contributed by atoms with van der Waals surface area (Å²) in [5.41, 5.74) is 1.31. The van der Waals surface area contributed by atoms with E-state index in [1.54, 1.807) is 18.2 Å². The zero-order chi connectivity index (χ0) is 19.1. The van der Waals surface area contributed by atoms with Gasteiger partial charge in [0.05, 0.1) is 23.8 Å². The molecule has 1 heterocycles. The molecule has 7 nitrogen and oxygen atoms in total. The molecule has 26 heavy (non-hydrogen) atoms. The van der Waals surface area contributed by atoms with E-state index < -0.39 is 11.9 Å². The predicted molar refractivity (Wildman–Crippen MR) is 97.1 cm³/mol. The normalized spacial score (nSPS) is 10.3. The molecule has 0 aliphatic carbocycles. The number of anilines is 1. The molecule has 7 heteroatoms. The maximum Gasteiger partial charge on any atom is 0.337 e. The van der Waals surface area contributed by atoms with Gasteiger partial charge in [-0.15, -0.1) is 0 Å². The molecule has 0 atom stereocenters. The second-order valence-electron chi connectivity index (χ2n) is 6.09. The minimum Gasteiger partial charge on any atom is -0.465 e. The Morgan fingerprint density at radius 2 is 1.73 bits per heavy atom. The summed E-state index contributed by atoms with van der Waals surface area (Å²) in [4.78, 5) is 40.0. The average Bonchev–Trinajstić information content (AvgIpc) is 2.65. The number of nitrogens with zero attached hydrogens (tertiary/aromatic N) is 1. The number of hydrogen-bond acceptors (Lipinski definition) is 5. The molecular weight excluding hydrogens is 334 g/mol. The number of benzene rings is 1. The quantitative estimate of drug-likeness (QED) is 0.776. The third-order valence-corrected chi connectivity index (χ3v) is 3.48. The lowest BCUT2D eigenvalue weighted by Crippen LogP contribution is -2.27. The van der Waals surface area contributed by atoms with Gasteiger partial charge in [0.2, 0.25) is 0 Å². The number of rotatable bonds is 6. The van der Waals surface area contributed by atoms with Crippen molar-refractivity contribution in [3.8, 4) is 0 Å². The van der Waals surface area contributed by atoms with E-state index in [1.807, 2.05) is 13.8 Å². The van der Waals surface area contributed by atoms with Crippen molar-refractivity contribution in [2.24, 2.45) is 5.92 Å². The maximum atomic E-state index is 12.4. The standard InChI is InChI=1S/C19H21N3O4/c1-12(2)9-21-17(23)14-7-15(11-20-10-14)18(24)22-16-6-4-5-13(8-16)19(25)26-3/h4-8,10-12H,9H2,1-3H3,(H,21,23)(H,22,24). The number of pyridine rings is 1. The first-order chi connectivity index (χ1) is 12.4. The van der Waals surface area contributed by atoms with Gasteiger partial charge < -0.3 is 15.4 Å². The molecule has 0 fully saturated rings. The molecule has 0 bridgehead atoms. The summed E-state index contributed by atoms with van der Waals surface area (Å²) in [5.74, 6) is -0.890. The Kier molecular flexibility index (Phi) is 6.43. The fraction of sp³-hybridized carbons (Fsp3) is 0.263. The van der Waals surface area contributed by atoms with Crippen LogP contribution in [0.4, 0.5) is 5.69 Å². The third-order valence-electron chi connectivity index (χ3n) is 3.48. The van der Waals surface area contributed by atoms with E-state index in [0.29, 0.717) is 29.3 Å². The second kappa shape index (κ2) is 8.75. The monoisotopic (exact) mass is 355 g/mol. The third kappa shape index (κ3) is 5.14. The number of nitrogens with one attached hydrogen (secondary N) is 2. The van der Waals surface area contributed by atoms with Crippen LogP contribution in [0.5, 0.6) is 0 Å². The van der Waals surface area contributed by atoms with Crippen molar-refractivity contribution >= 4 is 23.5 Å². The zero-order valence-corrected chi connectivity index (χ0v) is 14.9. The Morgan fingerprint density at radius 1 is 1.04 bits per heavy atom. The van der Waals surface area contributed by atoms with Crippen LogP contribution in [-0.4, -0.2) is 36.4 Å². The van der Waals surface area contributed by atoms with Crippen LogP contribution in [0.1, 0.15) is 44.9 Å². The van der Waals surface area contributed by atoms with Gasteiger partial charge in [0.1, 0.15) is 0 Å². The maximum absolute atomic E-state index is 12.4. The highest BCUT2D eigenvalue weighted by Gasteiger charge is 2.13. The first-order valence-corrected chi connectivity index (χ1v) is 8.13. The van der Waals surface area contributed by atoms with Crippen LogP contribution in [0, 0.1) is 5.92 Å². The lowest BCUT2D eigenvalue weighted by atomic mass is 10.1. The molecule has 1 aromatic carbocycles. The summed E-state index contributed by atoms with van der Waals surface area (Å²) in [6.07, 6.45) is 2.78. The lowest BCUT2D eigenvalue weighted by Gasteiger charge is -2.09. The second-order valence-corrected chi connectivity index (χ2v) is 6.09. The van der Waals surface area contributed by atoms with E-state index in [2.05, 4.69) is 20.4 Å². The van der Waals surface area contributed by atoms with Crippen molar-refractivity contribution in [3.63, 3.8) is 0 Å². The molecule has 2 amide bonds. The van der Waals surface area contributed by atoms with E-state index in [0.717, 1.165) is 0 Å². The number of methoxy groups -OCH3 is 1. The van der Waals surface area contributed by atoms with E-state index in [4.69, 9.17) is 0 Å². The largest absolute Gasteiger partial charge is 0.465 e. The fourth-order valence-electron chi connectivity index (χ4n) is 2.13. The highest BCUT2D eigenvalue weighted by atomic mass is 16.5. The van der Waals surface area contributed by atoms with Gasteiger partial charge in [-0.1, -0.05) is 19.9 Å². The molecule has 0 spiro atoms. The fourth-order valence-corrected chi connectivity index (χ4v) is 2.13. The SMILES string of the molecule is COC(=O)c1cccc(NC(=O)c2cncc(C(=O)NCC(C)C)c2)c1. The summed E-state index contributed by atoms with van der Waals surface area (Å²) in [7, 11) is 1.29. The number of amides is 2. The van der Waals surface area contributed by atoms with Crippen LogP contribution in [0.2, 0.25) is 0 Å². The minimum absolute atomic E-state index is 0.241. The van der Waals surface area contributed by atoms with E-state index in [9.17, 15) is 14.4 Å². The van der Waals surface area contributed by atoms with Gasteiger partial charge >= 0.3 is 5.97 Å². The highest BCUT2D eigenvalue weighted by molar-refractivity contribution is 6.06. The van der Waals surface area contributed by atoms with Crippen molar-refractivity contribution in [2.75, 3.05) is 19.0 Å². The minimum atomic E-state index is -0.494. The van der Waals surface area contributed by atoms with Crippen molar-refractivity contribution in [1.29, 1.82) is 0 Å². The Balaban J connectivity index is 2.12. The average molecular weight is 355 g/mol. The molecule has 2 rings (SSSR count). The van der Waals surface area contributed by atoms with Gasteiger partial charge in [0.25, 0.3) is 11.8 Å². The molecule has 136 valence electrons. The van der Waals surface area contributed by atoms with Gasteiger partial charge in [-0.25, -0.2) is 4.79 Å². The molecule has 0 saturated heterocycles. The topological polar surface area (TPSA) is 97.4 Å². The van der Waals surface area contributed by atoms with Gasteiger partial charge in [0, 0.05) is 24.6 Å². The Bertz CT molecular complexity index is 818. The van der Waals surface area contributed by atoms with Crippen molar-refractivity contribution in [2.45, 2.75) is 13.8 Å². The molecule has 0 aliphatic rings. The molecule has 1 aromatic heterocycles. The summed E-state index contributed by atoms with van der Waals surface area (Å²) < 4.78 is 4.66. The Hall–Kier alpha value is -3.22. The van der Waals surface area contributed by atoms with Crippen LogP contribution in [0.15, 0.2) is 42.7 Å². The van der Waals surface area contributed by atoms with Gasteiger partial charge in [-0.2, -0.15) is 0 Å². The zero-order valence-electron chi connectivity index (χ0n) is 14.9. The number of hydrogen-bond donors (Lipinski definition) is 2.